The van der Waals surface area contributed by atoms with Gasteiger partial charge in [0.25, 0.3) is 0 Å². The van der Waals surface area contributed by atoms with Crippen molar-refractivity contribution in [2.75, 3.05) is 6.54 Å². The minimum absolute atomic E-state index is 0.0167. The van der Waals surface area contributed by atoms with Gasteiger partial charge < -0.3 is 10.1 Å². The van der Waals surface area contributed by atoms with Crippen LogP contribution < -0.4 is 5.32 Å². The molecule has 1 heterocycles. The summed E-state index contributed by atoms with van der Waals surface area (Å²) < 4.78 is 6.31. The molecule has 0 aromatic carbocycles. The summed E-state index contributed by atoms with van der Waals surface area (Å²) in [5.41, 5.74) is 1.66. The zero-order valence-electron chi connectivity index (χ0n) is 14.1. The van der Waals surface area contributed by atoms with Gasteiger partial charge >= 0.3 is 0 Å². The molecule has 0 radical (unpaired) electrons. The van der Waals surface area contributed by atoms with Crippen molar-refractivity contribution in [3.8, 4) is 0 Å². The van der Waals surface area contributed by atoms with E-state index >= 15 is 0 Å². The summed E-state index contributed by atoms with van der Waals surface area (Å²) in [6, 6.07) is 0.557. The zero-order chi connectivity index (χ0) is 14.8. The number of allylic oxidation sites excluding steroid dienone is 1. The van der Waals surface area contributed by atoms with Crippen molar-refractivity contribution in [2.24, 2.45) is 5.92 Å². The lowest BCUT2D eigenvalue weighted by atomic mass is 9.78. The van der Waals surface area contributed by atoms with E-state index in [1.807, 2.05) is 0 Å². The van der Waals surface area contributed by atoms with Crippen LogP contribution in [-0.2, 0) is 4.74 Å². The van der Waals surface area contributed by atoms with E-state index in [1.165, 1.54) is 32.1 Å². The fourth-order valence-corrected chi connectivity index (χ4v) is 4.22. The van der Waals surface area contributed by atoms with E-state index in [1.54, 1.807) is 5.57 Å². The molecule has 2 atom stereocenters. The van der Waals surface area contributed by atoms with Crippen LogP contribution in [0.2, 0.25) is 0 Å². The second-order valence-electron chi connectivity index (χ2n) is 7.75. The summed E-state index contributed by atoms with van der Waals surface area (Å²) in [5.74, 6) is 0.597. The highest BCUT2D eigenvalue weighted by Crippen LogP contribution is 2.45. The maximum atomic E-state index is 6.31. The fraction of sp³-hybridized carbons (Fsp3) is 0.889. The summed E-state index contributed by atoms with van der Waals surface area (Å²) in [6.45, 7) is 12.3. The topological polar surface area (TPSA) is 21.3 Å². The predicted molar refractivity (Wildman–Crippen MR) is 86.0 cm³/mol. The van der Waals surface area contributed by atoms with E-state index in [2.05, 4.69) is 46.0 Å². The Kier molecular flexibility index (Phi) is 4.96. The van der Waals surface area contributed by atoms with E-state index in [9.17, 15) is 0 Å². The first-order valence-corrected chi connectivity index (χ1v) is 8.45. The van der Waals surface area contributed by atoms with Crippen LogP contribution in [0.1, 0.15) is 73.1 Å². The average molecular weight is 279 g/mol. The van der Waals surface area contributed by atoms with Crippen molar-refractivity contribution in [2.45, 2.75) is 90.4 Å². The quantitative estimate of drug-likeness (QED) is 0.751. The molecule has 0 bridgehead atoms. The van der Waals surface area contributed by atoms with E-state index in [-0.39, 0.29) is 11.2 Å². The molecule has 1 aliphatic carbocycles. The standard InChI is InChI=1S/C18H33NO/c1-6-19-16(12-14-10-8-7-9-11-14)15-13-17(2,3)20-18(15,4)5/h10,15-16,19H,6-9,11-13H2,1-5H3. The van der Waals surface area contributed by atoms with Gasteiger partial charge in [-0.25, -0.2) is 0 Å². The number of hydrogen-bond donors (Lipinski definition) is 1. The molecule has 2 heteroatoms. The zero-order valence-corrected chi connectivity index (χ0v) is 14.1. The van der Waals surface area contributed by atoms with Gasteiger partial charge in [-0.2, -0.15) is 0 Å². The molecule has 0 aromatic heterocycles. The van der Waals surface area contributed by atoms with Crippen LogP contribution in [-0.4, -0.2) is 23.8 Å². The predicted octanol–water partition coefficient (Wildman–Crippen LogP) is 4.45. The normalized spacial score (nSPS) is 30.1. The van der Waals surface area contributed by atoms with Crippen molar-refractivity contribution in [3.05, 3.63) is 11.6 Å². The lowest BCUT2D eigenvalue weighted by molar-refractivity contribution is -0.0776. The first kappa shape index (κ1) is 16.0. The molecule has 0 saturated carbocycles. The van der Waals surface area contributed by atoms with E-state index < -0.39 is 0 Å². The molecule has 1 aliphatic heterocycles. The van der Waals surface area contributed by atoms with Crippen LogP contribution in [0.15, 0.2) is 11.6 Å². The second-order valence-corrected chi connectivity index (χ2v) is 7.75. The molecule has 0 spiro atoms. The van der Waals surface area contributed by atoms with Crippen molar-refractivity contribution < 1.29 is 4.74 Å². The van der Waals surface area contributed by atoms with Crippen LogP contribution in [0, 0.1) is 5.92 Å². The Morgan fingerprint density at radius 3 is 2.55 bits per heavy atom. The highest BCUT2D eigenvalue weighted by atomic mass is 16.5. The van der Waals surface area contributed by atoms with Crippen LogP contribution >= 0.6 is 0 Å². The summed E-state index contributed by atoms with van der Waals surface area (Å²) in [7, 11) is 0. The molecule has 2 unspecified atom stereocenters. The molecule has 20 heavy (non-hydrogen) atoms. The van der Waals surface area contributed by atoms with Crippen molar-refractivity contribution in [1.82, 2.24) is 5.32 Å². The lowest BCUT2D eigenvalue weighted by Gasteiger charge is -2.34. The molecule has 1 fully saturated rings. The van der Waals surface area contributed by atoms with Gasteiger partial charge in [-0.15, -0.1) is 0 Å². The molecule has 0 aromatic rings. The fourth-order valence-electron chi connectivity index (χ4n) is 4.22. The van der Waals surface area contributed by atoms with Gasteiger partial charge in [0.05, 0.1) is 11.2 Å². The van der Waals surface area contributed by atoms with Crippen LogP contribution in [0.4, 0.5) is 0 Å². The molecule has 0 amide bonds. The van der Waals surface area contributed by atoms with E-state index in [4.69, 9.17) is 4.74 Å². The highest BCUT2D eigenvalue weighted by Gasteiger charge is 2.48. The Labute approximate surface area is 125 Å². The molecule has 2 aliphatic rings. The van der Waals surface area contributed by atoms with Gasteiger partial charge in [-0.05, 0) is 72.8 Å². The molecule has 116 valence electrons. The van der Waals surface area contributed by atoms with Crippen LogP contribution in [0.25, 0.3) is 0 Å². The van der Waals surface area contributed by atoms with Crippen molar-refractivity contribution in [3.63, 3.8) is 0 Å². The van der Waals surface area contributed by atoms with Gasteiger partial charge in [0.1, 0.15) is 0 Å². The van der Waals surface area contributed by atoms with Gasteiger partial charge in [0.2, 0.25) is 0 Å². The number of rotatable bonds is 5. The Morgan fingerprint density at radius 2 is 2.05 bits per heavy atom. The monoisotopic (exact) mass is 279 g/mol. The molecular formula is C18H33NO. The summed E-state index contributed by atoms with van der Waals surface area (Å²) in [5, 5.41) is 3.74. The highest BCUT2D eigenvalue weighted by molar-refractivity contribution is 5.10. The minimum Gasteiger partial charge on any atom is -0.369 e. The molecule has 1 N–H and O–H groups in total. The maximum absolute atomic E-state index is 6.31. The largest absolute Gasteiger partial charge is 0.369 e. The third-order valence-electron chi connectivity index (χ3n) is 4.96. The molecule has 2 rings (SSSR count). The smallest absolute Gasteiger partial charge is 0.0677 e. The Balaban J connectivity index is 2.09. The first-order valence-electron chi connectivity index (χ1n) is 8.45. The van der Waals surface area contributed by atoms with Crippen LogP contribution in [0.5, 0.6) is 0 Å². The minimum atomic E-state index is -0.0223. The van der Waals surface area contributed by atoms with Gasteiger partial charge in [-0.3, -0.25) is 0 Å². The molecular weight excluding hydrogens is 246 g/mol. The van der Waals surface area contributed by atoms with Crippen molar-refractivity contribution in [1.29, 1.82) is 0 Å². The third-order valence-corrected chi connectivity index (χ3v) is 4.96. The van der Waals surface area contributed by atoms with E-state index in [0.29, 0.717) is 12.0 Å². The van der Waals surface area contributed by atoms with E-state index in [0.717, 1.165) is 13.0 Å². The number of hydrogen-bond acceptors (Lipinski definition) is 2. The second kappa shape index (κ2) is 6.19. The summed E-state index contributed by atoms with van der Waals surface area (Å²) >= 11 is 0. The number of ether oxygens (including phenoxy) is 1. The summed E-state index contributed by atoms with van der Waals surface area (Å²) in [6.07, 6.45) is 10.2. The maximum Gasteiger partial charge on any atom is 0.0677 e. The summed E-state index contributed by atoms with van der Waals surface area (Å²) in [4.78, 5) is 0. The Morgan fingerprint density at radius 1 is 1.30 bits per heavy atom. The van der Waals surface area contributed by atoms with Crippen molar-refractivity contribution >= 4 is 0 Å². The van der Waals surface area contributed by atoms with Gasteiger partial charge in [0.15, 0.2) is 0 Å². The lowest BCUT2D eigenvalue weighted by Crippen LogP contribution is -2.44. The van der Waals surface area contributed by atoms with Crippen LogP contribution in [0.3, 0.4) is 0 Å². The molecule has 2 nitrogen and oxygen atoms in total. The Bertz CT molecular complexity index is 356. The Hall–Kier alpha value is -0.340. The average Bonchev–Trinajstić information content (AvgIpc) is 2.58. The van der Waals surface area contributed by atoms with Gasteiger partial charge in [0, 0.05) is 12.0 Å². The number of nitrogens with one attached hydrogen (secondary N) is 1. The van der Waals surface area contributed by atoms with Gasteiger partial charge in [-0.1, -0.05) is 18.6 Å². The first-order chi connectivity index (χ1) is 9.34. The molecule has 1 saturated heterocycles. The third kappa shape index (κ3) is 3.85. The SMILES string of the molecule is CCNC(CC1=CCCCC1)C1CC(C)(C)OC1(C)C.